The minimum Gasteiger partial charge on any atom is -0.316 e. The average Bonchev–Trinajstić information content (AvgIpc) is 2.94. The number of hydrogen-bond acceptors (Lipinski definition) is 4. The second kappa shape index (κ2) is 6.65. The largest absolute Gasteiger partial charge is 0.316 e. The molecule has 0 aliphatic rings. The lowest BCUT2D eigenvalue weighted by Crippen LogP contribution is -2.24. The van der Waals surface area contributed by atoms with E-state index in [0.29, 0.717) is 12.1 Å². The maximum atomic E-state index is 13.9. The molecule has 0 aliphatic carbocycles. The van der Waals surface area contributed by atoms with Crippen molar-refractivity contribution in [3.8, 4) is 0 Å². The number of nitrogens with one attached hydrogen (secondary N) is 2. The Morgan fingerprint density at radius 2 is 2.00 bits per heavy atom. The fourth-order valence-corrected chi connectivity index (χ4v) is 3.93. The molecule has 2 N–H and O–H groups in total. The van der Waals surface area contributed by atoms with Crippen molar-refractivity contribution in [3.05, 3.63) is 51.5 Å². The number of thiophene rings is 1. The number of benzene rings is 1. The molecule has 0 saturated carbocycles. The summed E-state index contributed by atoms with van der Waals surface area (Å²) in [5.41, 5.74) is 1.61. The third-order valence-corrected chi connectivity index (χ3v) is 5.33. The van der Waals surface area contributed by atoms with Gasteiger partial charge >= 0.3 is 0 Å². The SMILES string of the molecule is CNCc1cc(F)c(C)c(S(=O)(=O)NCc2ccsc2)c1. The Labute approximate surface area is 128 Å². The van der Waals surface area contributed by atoms with Gasteiger partial charge in [0.2, 0.25) is 10.0 Å². The van der Waals surface area contributed by atoms with Gasteiger partial charge in [-0.05, 0) is 54.1 Å². The van der Waals surface area contributed by atoms with E-state index in [9.17, 15) is 12.8 Å². The Kier molecular flexibility index (Phi) is 5.10. The maximum Gasteiger partial charge on any atom is 0.241 e. The quantitative estimate of drug-likeness (QED) is 0.856. The third-order valence-electron chi connectivity index (χ3n) is 3.07. The molecular formula is C14H17FN2O2S2. The molecule has 0 spiro atoms. The highest BCUT2D eigenvalue weighted by Gasteiger charge is 2.20. The summed E-state index contributed by atoms with van der Waals surface area (Å²) in [6.45, 7) is 2.07. The normalized spacial score (nSPS) is 11.8. The molecular weight excluding hydrogens is 311 g/mol. The average molecular weight is 328 g/mol. The molecule has 0 bridgehead atoms. The highest BCUT2D eigenvalue weighted by Crippen LogP contribution is 2.21. The Hall–Kier alpha value is -1.28. The molecule has 0 unspecified atom stereocenters. The molecule has 0 aliphatic heterocycles. The van der Waals surface area contributed by atoms with Crippen LogP contribution in [0.3, 0.4) is 0 Å². The molecule has 0 fully saturated rings. The van der Waals surface area contributed by atoms with E-state index in [1.54, 1.807) is 7.05 Å². The highest BCUT2D eigenvalue weighted by atomic mass is 32.2. The van der Waals surface area contributed by atoms with Crippen LogP contribution in [0, 0.1) is 12.7 Å². The zero-order valence-corrected chi connectivity index (χ0v) is 13.4. The van der Waals surface area contributed by atoms with E-state index in [4.69, 9.17) is 0 Å². The van der Waals surface area contributed by atoms with Gasteiger partial charge in [0.05, 0.1) is 4.90 Å². The summed E-state index contributed by atoms with van der Waals surface area (Å²) < 4.78 is 41.1. The van der Waals surface area contributed by atoms with E-state index in [2.05, 4.69) is 10.0 Å². The van der Waals surface area contributed by atoms with Gasteiger partial charge in [0, 0.05) is 18.7 Å². The lowest BCUT2D eigenvalue weighted by atomic mass is 10.1. The number of halogens is 1. The van der Waals surface area contributed by atoms with Crippen LogP contribution in [-0.4, -0.2) is 15.5 Å². The van der Waals surface area contributed by atoms with Gasteiger partial charge in [-0.2, -0.15) is 11.3 Å². The van der Waals surface area contributed by atoms with E-state index >= 15 is 0 Å². The summed E-state index contributed by atoms with van der Waals surface area (Å²) in [5, 5.41) is 6.63. The van der Waals surface area contributed by atoms with Crippen molar-refractivity contribution in [1.82, 2.24) is 10.0 Å². The van der Waals surface area contributed by atoms with E-state index < -0.39 is 15.8 Å². The summed E-state index contributed by atoms with van der Waals surface area (Å²) in [7, 11) is -2.02. The van der Waals surface area contributed by atoms with E-state index in [0.717, 1.165) is 5.56 Å². The van der Waals surface area contributed by atoms with Crippen LogP contribution >= 0.6 is 11.3 Å². The van der Waals surface area contributed by atoms with Crippen LogP contribution < -0.4 is 10.0 Å². The van der Waals surface area contributed by atoms with Crippen LogP contribution in [0.1, 0.15) is 16.7 Å². The molecule has 0 atom stereocenters. The molecule has 2 rings (SSSR count). The summed E-state index contributed by atoms with van der Waals surface area (Å²) >= 11 is 1.50. The summed E-state index contributed by atoms with van der Waals surface area (Å²) in [6, 6.07) is 4.70. The first-order valence-corrected chi connectivity index (χ1v) is 8.81. The van der Waals surface area contributed by atoms with Crippen LogP contribution in [0.15, 0.2) is 33.9 Å². The van der Waals surface area contributed by atoms with Crippen LogP contribution in [0.5, 0.6) is 0 Å². The van der Waals surface area contributed by atoms with Crippen LogP contribution in [0.25, 0.3) is 0 Å². The van der Waals surface area contributed by atoms with Gasteiger partial charge in [0.25, 0.3) is 0 Å². The Bertz CT molecular complexity index is 713. The van der Waals surface area contributed by atoms with Gasteiger partial charge in [-0.25, -0.2) is 17.5 Å². The fraction of sp³-hybridized carbons (Fsp3) is 0.286. The van der Waals surface area contributed by atoms with Crippen molar-refractivity contribution in [2.75, 3.05) is 7.05 Å². The minimum atomic E-state index is -3.74. The Balaban J connectivity index is 2.30. The van der Waals surface area contributed by atoms with Crippen molar-refractivity contribution in [2.45, 2.75) is 24.9 Å². The standard InChI is InChI=1S/C14H17FN2O2S2/c1-10-13(15)5-12(7-16-2)6-14(10)21(18,19)17-8-11-3-4-20-9-11/h3-6,9,16-17H,7-8H2,1-2H3. The van der Waals surface area contributed by atoms with Crippen LogP contribution in [-0.2, 0) is 23.1 Å². The highest BCUT2D eigenvalue weighted by molar-refractivity contribution is 7.89. The molecule has 0 amide bonds. The molecule has 1 heterocycles. The summed E-state index contributed by atoms with van der Waals surface area (Å²) in [6.07, 6.45) is 0. The first-order chi connectivity index (χ1) is 9.94. The van der Waals surface area contributed by atoms with Gasteiger partial charge in [-0.15, -0.1) is 0 Å². The van der Waals surface area contributed by atoms with Gasteiger partial charge in [-0.3, -0.25) is 0 Å². The van der Waals surface area contributed by atoms with Crippen molar-refractivity contribution in [2.24, 2.45) is 0 Å². The predicted octanol–water partition coefficient (Wildman–Crippen LogP) is 2.39. The number of sulfonamides is 1. The Morgan fingerprint density at radius 1 is 1.24 bits per heavy atom. The fourth-order valence-electron chi connectivity index (χ4n) is 1.94. The van der Waals surface area contributed by atoms with Crippen LogP contribution in [0.2, 0.25) is 0 Å². The second-order valence-electron chi connectivity index (χ2n) is 4.69. The molecule has 4 nitrogen and oxygen atoms in total. The zero-order valence-electron chi connectivity index (χ0n) is 11.8. The molecule has 7 heteroatoms. The first-order valence-electron chi connectivity index (χ1n) is 6.38. The van der Waals surface area contributed by atoms with Crippen LogP contribution in [0.4, 0.5) is 4.39 Å². The minimum absolute atomic E-state index is 0.0111. The van der Waals surface area contributed by atoms with Gasteiger partial charge < -0.3 is 5.32 Å². The molecule has 1 aromatic carbocycles. The van der Waals surface area contributed by atoms with Crippen molar-refractivity contribution in [3.63, 3.8) is 0 Å². The third kappa shape index (κ3) is 3.88. The monoisotopic (exact) mass is 328 g/mol. The van der Waals surface area contributed by atoms with Crippen molar-refractivity contribution in [1.29, 1.82) is 0 Å². The predicted molar refractivity (Wildman–Crippen MR) is 82.2 cm³/mol. The topological polar surface area (TPSA) is 58.2 Å². The number of hydrogen-bond donors (Lipinski definition) is 2. The van der Waals surface area contributed by atoms with E-state index in [1.807, 2.05) is 16.8 Å². The summed E-state index contributed by atoms with van der Waals surface area (Å²) in [5.74, 6) is -0.515. The first kappa shape index (κ1) is 16.1. The smallest absolute Gasteiger partial charge is 0.241 e. The van der Waals surface area contributed by atoms with Gasteiger partial charge in [0.15, 0.2) is 0 Å². The zero-order chi connectivity index (χ0) is 15.5. The lowest BCUT2D eigenvalue weighted by Gasteiger charge is -2.12. The Morgan fingerprint density at radius 3 is 2.62 bits per heavy atom. The molecule has 21 heavy (non-hydrogen) atoms. The number of rotatable bonds is 6. The molecule has 2 aromatic rings. The van der Waals surface area contributed by atoms with Gasteiger partial charge in [-0.1, -0.05) is 0 Å². The van der Waals surface area contributed by atoms with Crippen molar-refractivity contribution < 1.29 is 12.8 Å². The van der Waals surface area contributed by atoms with E-state index in [1.165, 1.54) is 30.4 Å². The molecule has 0 saturated heterocycles. The maximum absolute atomic E-state index is 13.9. The molecule has 1 aromatic heterocycles. The van der Waals surface area contributed by atoms with Crippen molar-refractivity contribution >= 4 is 21.4 Å². The lowest BCUT2D eigenvalue weighted by molar-refractivity contribution is 0.573. The molecule has 114 valence electrons. The van der Waals surface area contributed by atoms with E-state index in [-0.39, 0.29) is 17.0 Å². The van der Waals surface area contributed by atoms with Gasteiger partial charge in [0.1, 0.15) is 5.82 Å². The summed E-state index contributed by atoms with van der Waals surface area (Å²) in [4.78, 5) is -0.0111. The second-order valence-corrected chi connectivity index (χ2v) is 7.20. The molecule has 0 radical (unpaired) electrons.